The van der Waals surface area contributed by atoms with E-state index in [0.717, 1.165) is 32.1 Å². The van der Waals surface area contributed by atoms with Crippen molar-refractivity contribution in [1.82, 2.24) is 9.21 Å². The van der Waals surface area contributed by atoms with Gasteiger partial charge in [-0.2, -0.15) is 4.31 Å². The Kier molecular flexibility index (Phi) is 6.76. The Bertz CT molecular complexity index is 962. The van der Waals surface area contributed by atoms with E-state index in [0.29, 0.717) is 49.5 Å². The Morgan fingerprint density at radius 3 is 2.38 bits per heavy atom. The number of benzene rings is 1. The first-order chi connectivity index (χ1) is 15.3. The van der Waals surface area contributed by atoms with Crippen LogP contribution in [0.5, 0.6) is 5.75 Å². The molecule has 2 fully saturated rings. The Morgan fingerprint density at radius 2 is 1.72 bits per heavy atom. The van der Waals surface area contributed by atoms with Crippen molar-refractivity contribution in [3.63, 3.8) is 0 Å². The van der Waals surface area contributed by atoms with Gasteiger partial charge in [0.05, 0.1) is 10.6 Å². The van der Waals surface area contributed by atoms with Gasteiger partial charge in [-0.1, -0.05) is 26.7 Å². The molecule has 2 amide bonds. The van der Waals surface area contributed by atoms with Crippen LogP contribution >= 0.6 is 0 Å². The zero-order valence-electron chi connectivity index (χ0n) is 19.0. The van der Waals surface area contributed by atoms with Gasteiger partial charge in [0.2, 0.25) is 15.9 Å². The van der Waals surface area contributed by atoms with Crippen LogP contribution in [0.25, 0.3) is 0 Å². The molecule has 3 heterocycles. The van der Waals surface area contributed by atoms with E-state index in [2.05, 4.69) is 13.8 Å². The fraction of sp³-hybridized carbons (Fsp3) is 0.652. The van der Waals surface area contributed by atoms with Gasteiger partial charge >= 0.3 is 0 Å². The molecule has 2 saturated heterocycles. The Balaban J connectivity index is 1.59. The van der Waals surface area contributed by atoms with Crippen LogP contribution in [0.4, 0.5) is 5.69 Å². The maximum Gasteiger partial charge on any atom is 0.265 e. The number of fused-ring (bicyclic) bond motifs is 1. The van der Waals surface area contributed by atoms with Crippen molar-refractivity contribution in [3.8, 4) is 5.75 Å². The summed E-state index contributed by atoms with van der Waals surface area (Å²) in [5.41, 5.74) is 0.351. The van der Waals surface area contributed by atoms with Crippen LogP contribution in [0.1, 0.15) is 46.0 Å². The molecule has 1 aromatic rings. The van der Waals surface area contributed by atoms with Crippen molar-refractivity contribution in [2.75, 3.05) is 44.2 Å². The summed E-state index contributed by atoms with van der Waals surface area (Å²) in [6.07, 6.45) is 4.84. The quantitative estimate of drug-likeness (QED) is 0.685. The molecule has 0 bridgehead atoms. The number of hydrogen-bond acceptors (Lipinski definition) is 5. The molecule has 8 nitrogen and oxygen atoms in total. The Hall–Kier alpha value is -2.13. The summed E-state index contributed by atoms with van der Waals surface area (Å²) in [7, 11) is -3.68. The van der Waals surface area contributed by atoms with Crippen molar-refractivity contribution in [2.24, 2.45) is 11.8 Å². The zero-order chi connectivity index (χ0) is 22.9. The first-order valence-corrected chi connectivity index (χ1v) is 13.0. The van der Waals surface area contributed by atoms with Crippen LogP contribution in [0, 0.1) is 11.8 Å². The number of carbonyl (C=O) groups is 2. The summed E-state index contributed by atoms with van der Waals surface area (Å²) in [5.74, 6) is 0.799. The lowest BCUT2D eigenvalue weighted by Crippen LogP contribution is -2.50. The van der Waals surface area contributed by atoms with Crippen molar-refractivity contribution in [3.05, 3.63) is 18.2 Å². The average molecular weight is 464 g/mol. The summed E-state index contributed by atoms with van der Waals surface area (Å²) < 4.78 is 33.6. The van der Waals surface area contributed by atoms with E-state index in [1.54, 1.807) is 6.07 Å². The van der Waals surface area contributed by atoms with E-state index in [1.807, 2.05) is 4.90 Å². The van der Waals surface area contributed by atoms with Crippen LogP contribution < -0.4 is 9.64 Å². The molecule has 0 radical (unpaired) electrons. The SMILES string of the molecule is C[C@@H]1C[C@@H](C)CN(C(=O)CN2C(=O)COc3ccc(S(=O)(=O)N4CCCCCC4)cc32)C1. The number of hydrogen-bond donors (Lipinski definition) is 0. The first-order valence-electron chi connectivity index (χ1n) is 11.6. The lowest BCUT2D eigenvalue weighted by atomic mass is 9.92. The van der Waals surface area contributed by atoms with E-state index in [-0.39, 0.29) is 29.9 Å². The molecule has 3 aliphatic rings. The van der Waals surface area contributed by atoms with Crippen LogP contribution in [-0.4, -0.2) is 68.8 Å². The number of amides is 2. The van der Waals surface area contributed by atoms with Gasteiger partial charge in [-0.15, -0.1) is 0 Å². The van der Waals surface area contributed by atoms with Gasteiger partial charge in [0, 0.05) is 26.2 Å². The fourth-order valence-electron chi connectivity index (χ4n) is 5.05. The predicted molar refractivity (Wildman–Crippen MR) is 121 cm³/mol. The second-order valence-electron chi connectivity index (χ2n) is 9.46. The molecular formula is C23H33N3O5S. The number of rotatable bonds is 4. The van der Waals surface area contributed by atoms with Crippen LogP contribution in [0.2, 0.25) is 0 Å². The molecule has 0 aromatic heterocycles. The number of anilines is 1. The largest absolute Gasteiger partial charge is 0.482 e. The lowest BCUT2D eigenvalue weighted by molar-refractivity contribution is -0.134. The topological polar surface area (TPSA) is 87.2 Å². The minimum atomic E-state index is -3.68. The third kappa shape index (κ3) is 4.78. The molecule has 176 valence electrons. The highest BCUT2D eigenvalue weighted by Gasteiger charge is 2.33. The molecule has 1 aromatic carbocycles. The molecule has 2 atom stereocenters. The molecule has 0 aliphatic carbocycles. The first kappa shape index (κ1) is 23.0. The second-order valence-corrected chi connectivity index (χ2v) is 11.4. The number of likely N-dealkylation sites (tertiary alicyclic amines) is 1. The van der Waals surface area contributed by atoms with E-state index in [9.17, 15) is 18.0 Å². The van der Waals surface area contributed by atoms with E-state index < -0.39 is 10.0 Å². The standard InChI is InChI=1S/C23H33N3O5S/c1-17-11-18(2)14-24(13-17)22(27)15-26-20-12-19(7-8-21(20)31-16-23(26)28)32(29,30)25-9-5-3-4-6-10-25/h7-8,12,17-18H,3-6,9-11,13-16H2,1-2H3/t17-,18-/m1/s1. The maximum atomic E-state index is 13.3. The number of nitrogens with zero attached hydrogens (tertiary/aromatic N) is 3. The van der Waals surface area contributed by atoms with Gasteiger partial charge < -0.3 is 9.64 Å². The van der Waals surface area contributed by atoms with Crippen molar-refractivity contribution in [2.45, 2.75) is 50.8 Å². The van der Waals surface area contributed by atoms with Crippen molar-refractivity contribution >= 4 is 27.5 Å². The van der Waals surface area contributed by atoms with Gasteiger partial charge in [-0.05, 0) is 49.3 Å². The van der Waals surface area contributed by atoms with Gasteiger partial charge in [0.15, 0.2) is 6.61 Å². The smallest absolute Gasteiger partial charge is 0.265 e. The number of carbonyl (C=O) groups excluding carboxylic acids is 2. The summed E-state index contributed by atoms with van der Waals surface area (Å²) in [4.78, 5) is 29.1. The van der Waals surface area contributed by atoms with Crippen molar-refractivity contribution in [1.29, 1.82) is 0 Å². The molecule has 3 aliphatic heterocycles. The molecule has 0 spiro atoms. The maximum absolute atomic E-state index is 13.3. The van der Waals surface area contributed by atoms with Crippen molar-refractivity contribution < 1.29 is 22.7 Å². The minimum absolute atomic E-state index is 0.109. The average Bonchev–Trinajstić information content (AvgIpc) is 3.05. The minimum Gasteiger partial charge on any atom is -0.482 e. The van der Waals surface area contributed by atoms with Gasteiger partial charge in [-0.3, -0.25) is 14.5 Å². The Morgan fingerprint density at radius 1 is 1.06 bits per heavy atom. The molecule has 32 heavy (non-hydrogen) atoms. The summed E-state index contributed by atoms with van der Waals surface area (Å²) >= 11 is 0. The third-order valence-corrected chi connectivity index (χ3v) is 8.49. The van der Waals surface area contributed by atoms with Gasteiger partial charge in [-0.25, -0.2) is 8.42 Å². The van der Waals surface area contributed by atoms with Crippen LogP contribution in [-0.2, 0) is 19.6 Å². The molecule has 0 unspecified atom stereocenters. The third-order valence-electron chi connectivity index (χ3n) is 6.59. The van der Waals surface area contributed by atoms with Gasteiger partial charge in [0.1, 0.15) is 12.3 Å². The predicted octanol–water partition coefficient (Wildman–Crippen LogP) is 2.48. The molecule has 9 heteroatoms. The normalized spacial score (nSPS) is 25.1. The Labute approximate surface area is 190 Å². The number of ether oxygens (including phenoxy) is 1. The highest BCUT2D eigenvalue weighted by atomic mass is 32.2. The molecule has 0 N–H and O–H groups in total. The summed E-state index contributed by atoms with van der Waals surface area (Å²) in [5, 5.41) is 0. The zero-order valence-corrected chi connectivity index (χ0v) is 19.8. The fourth-order valence-corrected chi connectivity index (χ4v) is 6.59. The van der Waals surface area contributed by atoms with E-state index in [4.69, 9.17) is 4.74 Å². The number of sulfonamides is 1. The number of piperidine rings is 1. The summed E-state index contributed by atoms with van der Waals surface area (Å²) in [6, 6.07) is 4.61. The van der Waals surface area contributed by atoms with E-state index >= 15 is 0 Å². The highest BCUT2D eigenvalue weighted by Crippen LogP contribution is 2.35. The van der Waals surface area contributed by atoms with Gasteiger partial charge in [0.25, 0.3) is 5.91 Å². The summed E-state index contributed by atoms with van der Waals surface area (Å²) in [6.45, 7) is 6.35. The molecule has 0 saturated carbocycles. The molecule has 4 rings (SSSR count). The van der Waals surface area contributed by atoms with E-state index in [1.165, 1.54) is 21.3 Å². The van der Waals surface area contributed by atoms with Crippen LogP contribution in [0.3, 0.4) is 0 Å². The second kappa shape index (κ2) is 9.39. The van der Waals surface area contributed by atoms with Crippen LogP contribution in [0.15, 0.2) is 23.1 Å². The highest BCUT2D eigenvalue weighted by molar-refractivity contribution is 7.89. The monoisotopic (exact) mass is 463 g/mol. The molecular weight excluding hydrogens is 430 g/mol. The lowest BCUT2D eigenvalue weighted by Gasteiger charge is -2.37.